The number of rotatable bonds is 6. The van der Waals surface area contributed by atoms with E-state index in [4.69, 9.17) is 9.47 Å². The van der Waals surface area contributed by atoms with Crippen LogP contribution in [0, 0.1) is 15.9 Å². The van der Waals surface area contributed by atoms with E-state index in [-0.39, 0.29) is 12.4 Å². The summed E-state index contributed by atoms with van der Waals surface area (Å²) in [4.78, 5) is 9.79. The number of nitro benzene ring substituents is 1. The molecule has 0 saturated carbocycles. The van der Waals surface area contributed by atoms with Crippen molar-refractivity contribution >= 4 is 5.69 Å². The van der Waals surface area contributed by atoms with Crippen molar-refractivity contribution in [3.63, 3.8) is 0 Å². The molecule has 0 unspecified atom stereocenters. The maximum Gasteiger partial charge on any atom is 0.346 e. The average Bonchev–Trinajstić information content (AvgIpc) is 2.24. The Balaban J connectivity index is 2.71. The van der Waals surface area contributed by atoms with Crippen molar-refractivity contribution in [2.75, 3.05) is 19.8 Å². The molecule has 0 fully saturated rings. The summed E-state index contributed by atoms with van der Waals surface area (Å²) in [5, 5.41) is 10.6. The molecule has 0 saturated heterocycles. The van der Waals surface area contributed by atoms with Crippen LogP contribution in [0.15, 0.2) is 18.2 Å². The topological polar surface area (TPSA) is 61.6 Å². The maximum atomic E-state index is 13.1. The predicted octanol–water partition coefficient (Wildman–Crippen LogP) is 2.15. The van der Waals surface area contributed by atoms with Crippen LogP contribution in [-0.2, 0) is 4.74 Å². The summed E-state index contributed by atoms with van der Waals surface area (Å²) in [6, 6.07) is 3.74. The van der Waals surface area contributed by atoms with Gasteiger partial charge in [-0.05, 0) is 19.1 Å². The first-order valence-electron chi connectivity index (χ1n) is 4.80. The Labute approximate surface area is 91.9 Å². The highest BCUT2D eigenvalue weighted by Crippen LogP contribution is 2.29. The first-order valence-corrected chi connectivity index (χ1v) is 4.80. The summed E-state index contributed by atoms with van der Waals surface area (Å²) in [6.45, 7) is 2.82. The van der Waals surface area contributed by atoms with Gasteiger partial charge in [0, 0.05) is 6.61 Å². The van der Waals surface area contributed by atoms with Gasteiger partial charge in [-0.2, -0.15) is 4.39 Å². The lowest BCUT2D eigenvalue weighted by Gasteiger charge is -2.06. The molecule has 1 aromatic rings. The molecule has 1 rings (SSSR count). The van der Waals surface area contributed by atoms with E-state index in [0.29, 0.717) is 13.2 Å². The van der Waals surface area contributed by atoms with Crippen LogP contribution in [0.5, 0.6) is 5.75 Å². The molecule has 6 heteroatoms. The molecule has 0 aliphatic carbocycles. The third-order valence-corrected chi connectivity index (χ3v) is 1.82. The minimum Gasteiger partial charge on any atom is -0.484 e. The van der Waals surface area contributed by atoms with Gasteiger partial charge in [-0.3, -0.25) is 10.1 Å². The second kappa shape index (κ2) is 6.02. The van der Waals surface area contributed by atoms with Crippen molar-refractivity contribution in [3.05, 3.63) is 34.1 Å². The molecule has 1 aromatic carbocycles. The van der Waals surface area contributed by atoms with Crippen molar-refractivity contribution in [3.8, 4) is 5.75 Å². The van der Waals surface area contributed by atoms with Gasteiger partial charge >= 0.3 is 5.69 Å². The molecule has 0 amide bonds. The number of para-hydroxylation sites is 1. The minimum absolute atomic E-state index is 0.0790. The van der Waals surface area contributed by atoms with Crippen LogP contribution in [0.4, 0.5) is 10.1 Å². The third kappa shape index (κ3) is 3.16. The lowest BCUT2D eigenvalue weighted by Crippen LogP contribution is -2.08. The Morgan fingerprint density at radius 2 is 2.19 bits per heavy atom. The van der Waals surface area contributed by atoms with Crippen molar-refractivity contribution in [1.29, 1.82) is 0 Å². The molecule has 16 heavy (non-hydrogen) atoms. The Morgan fingerprint density at radius 3 is 2.81 bits per heavy atom. The summed E-state index contributed by atoms with van der Waals surface area (Å²) in [6.07, 6.45) is 0. The molecule has 0 N–H and O–H groups in total. The zero-order valence-electron chi connectivity index (χ0n) is 8.81. The van der Waals surface area contributed by atoms with Gasteiger partial charge in [0.05, 0.1) is 11.5 Å². The molecule has 0 radical (unpaired) electrons. The number of nitrogens with zero attached hydrogens (tertiary/aromatic N) is 1. The van der Waals surface area contributed by atoms with E-state index >= 15 is 0 Å². The van der Waals surface area contributed by atoms with E-state index in [9.17, 15) is 14.5 Å². The van der Waals surface area contributed by atoms with Crippen molar-refractivity contribution in [2.45, 2.75) is 6.92 Å². The Morgan fingerprint density at radius 1 is 1.44 bits per heavy atom. The highest BCUT2D eigenvalue weighted by Gasteiger charge is 2.20. The zero-order valence-corrected chi connectivity index (χ0v) is 8.81. The number of benzene rings is 1. The van der Waals surface area contributed by atoms with Gasteiger partial charge < -0.3 is 9.47 Å². The standard InChI is InChI=1S/C10H12FNO4/c1-2-15-6-7-16-9-5-3-4-8(11)10(9)12(13)14/h3-5H,2,6-7H2,1H3. The Kier molecular flexibility index (Phi) is 4.65. The fourth-order valence-electron chi connectivity index (χ4n) is 1.14. The van der Waals surface area contributed by atoms with Crippen LogP contribution in [0.1, 0.15) is 6.92 Å². The Bertz CT molecular complexity index is 370. The first kappa shape index (κ1) is 12.4. The van der Waals surface area contributed by atoms with E-state index < -0.39 is 16.4 Å². The SMILES string of the molecule is CCOCCOc1cccc(F)c1[N+](=O)[O-]. The van der Waals surface area contributed by atoms with E-state index in [1.807, 2.05) is 6.92 Å². The smallest absolute Gasteiger partial charge is 0.346 e. The van der Waals surface area contributed by atoms with Gasteiger partial charge in [0.2, 0.25) is 5.82 Å². The van der Waals surface area contributed by atoms with Crippen LogP contribution in [0.2, 0.25) is 0 Å². The highest BCUT2D eigenvalue weighted by molar-refractivity contribution is 5.47. The van der Waals surface area contributed by atoms with Gasteiger partial charge in [0.1, 0.15) is 6.61 Å². The number of ether oxygens (including phenoxy) is 2. The summed E-state index contributed by atoms with van der Waals surface area (Å²) >= 11 is 0. The van der Waals surface area contributed by atoms with E-state index in [1.165, 1.54) is 12.1 Å². The summed E-state index contributed by atoms with van der Waals surface area (Å²) in [7, 11) is 0. The van der Waals surface area contributed by atoms with Crippen molar-refractivity contribution in [1.82, 2.24) is 0 Å². The first-order chi connectivity index (χ1) is 7.66. The molecule has 0 aliphatic rings. The fraction of sp³-hybridized carbons (Fsp3) is 0.400. The van der Waals surface area contributed by atoms with E-state index in [2.05, 4.69) is 0 Å². The van der Waals surface area contributed by atoms with E-state index in [1.54, 1.807) is 0 Å². The fourth-order valence-corrected chi connectivity index (χ4v) is 1.14. The van der Waals surface area contributed by atoms with Gasteiger partial charge in [-0.25, -0.2) is 0 Å². The molecule has 0 bridgehead atoms. The maximum absolute atomic E-state index is 13.1. The van der Waals surface area contributed by atoms with Crippen LogP contribution < -0.4 is 4.74 Å². The van der Waals surface area contributed by atoms with Crippen LogP contribution in [0.25, 0.3) is 0 Å². The van der Waals surface area contributed by atoms with Gasteiger partial charge in [-0.15, -0.1) is 0 Å². The number of hydrogen-bond acceptors (Lipinski definition) is 4. The number of halogens is 1. The molecule has 0 spiro atoms. The summed E-state index contributed by atoms with van der Waals surface area (Å²) in [5.74, 6) is -0.983. The van der Waals surface area contributed by atoms with Crippen molar-refractivity contribution in [2.24, 2.45) is 0 Å². The molecule has 0 heterocycles. The van der Waals surface area contributed by atoms with Gasteiger partial charge in [0.25, 0.3) is 0 Å². The van der Waals surface area contributed by atoms with Gasteiger partial charge in [-0.1, -0.05) is 6.07 Å². The third-order valence-electron chi connectivity index (χ3n) is 1.82. The quantitative estimate of drug-likeness (QED) is 0.426. The lowest BCUT2D eigenvalue weighted by atomic mass is 10.3. The monoisotopic (exact) mass is 229 g/mol. The summed E-state index contributed by atoms with van der Waals surface area (Å²) in [5.41, 5.74) is -0.640. The number of hydrogen-bond donors (Lipinski definition) is 0. The van der Waals surface area contributed by atoms with Crippen LogP contribution in [0.3, 0.4) is 0 Å². The molecule has 5 nitrogen and oxygen atoms in total. The largest absolute Gasteiger partial charge is 0.484 e. The molecule has 0 aromatic heterocycles. The Hall–Kier alpha value is -1.69. The summed E-state index contributed by atoms with van der Waals surface area (Å²) < 4.78 is 23.2. The normalized spacial score (nSPS) is 10.1. The van der Waals surface area contributed by atoms with Crippen LogP contribution >= 0.6 is 0 Å². The number of nitro groups is 1. The van der Waals surface area contributed by atoms with Crippen molar-refractivity contribution < 1.29 is 18.8 Å². The predicted molar refractivity (Wildman–Crippen MR) is 55.0 cm³/mol. The average molecular weight is 229 g/mol. The minimum atomic E-state index is -0.904. The molecular weight excluding hydrogens is 217 g/mol. The van der Waals surface area contributed by atoms with Crippen LogP contribution in [-0.4, -0.2) is 24.7 Å². The molecule has 0 atom stereocenters. The zero-order chi connectivity index (χ0) is 12.0. The lowest BCUT2D eigenvalue weighted by molar-refractivity contribution is -0.388. The molecule has 88 valence electrons. The highest BCUT2D eigenvalue weighted by atomic mass is 19.1. The van der Waals surface area contributed by atoms with E-state index in [0.717, 1.165) is 6.07 Å². The van der Waals surface area contributed by atoms with Gasteiger partial charge in [0.15, 0.2) is 5.75 Å². The molecule has 0 aliphatic heterocycles. The second-order valence-corrected chi connectivity index (χ2v) is 2.89. The second-order valence-electron chi connectivity index (χ2n) is 2.89. The molecular formula is C10H12FNO4.